The van der Waals surface area contributed by atoms with E-state index in [1.54, 1.807) is 7.11 Å². The van der Waals surface area contributed by atoms with Crippen molar-refractivity contribution < 1.29 is 9.84 Å². The predicted molar refractivity (Wildman–Crippen MR) is 102 cm³/mol. The Morgan fingerprint density at radius 3 is 2.69 bits per heavy atom. The maximum atomic E-state index is 9.33. The van der Waals surface area contributed by atoms with Gasteiger partial charge in [0.15, 0.2) is 0 Å². The highest BCUT2D eigenvalue weighted by Gasteiger charge is 2.34. The van der Waals surface area contributed by atoms with Gasteiger partial charge in [0.05, 0.1) is 7.11 Å². The lowest BCUT2D eigenvalue weighted by atomic mass is 9.86. The smallest absolute Gasteiger partial charge is 0.225 e. The van der Waals surface area contributed by atoms with Crippen molar-refractivity contribution in [2.24, 2.45) is 5.92 Å². The van der Waals surface area contributed by atoms with Gasteiger partial charge in [0.1, 0.15) is 5.82 Å². The molecule has 26 heavy (non-hydrogen) atoms. The first-order valence-corrected chi connectivity index (χ1v) is 9.57. The Morgan fingerprint density at radius 2 is 2.00 bits per heavy atom. The molecule has 3 N–H and O–H groups in total. The van der Waals surface area contributed by atoms with Crippen molar-refractivity contribution in [3.05, 3.63) is 6.07 Å². The first-order valence-electron chi connectivity index (χ1n) is 9.57. The number of aliphatic hydroxyl groups excluding tert-OH is 1. The second-order valence-corrected chi connectivity index (χ2v) is 7.39. The Hall–Kier alpha value is -1.64. The van der Waals surface area contributed by atoms with Gasteiger partial charge in [-0.3, -0.25) is 4.90 Å². The van der Waals surface area contributed by atoms with Gasteiger partial charge in [-0.15, -0.1) is 0 Å². The molecule has 8 nitrogen and oxygen atoms in total. The molecule has 1 aromatic rings. The van der Waals surface area contributed by atoms with E-state index in [1.807, 2.05) is 6.07 Å². The lowest BCUT2D eigenvalue weighted by molar-refractivity contribution is 0.0637. The highest BCUT2D eigenvalue weighted by atomic mass is 16.5. The van der Waals surface area contributed by atoms with Gasteiger partial charge in [0, 0.05) is 58.0 Å². The molecule has 2 aliphatic rings. The SMILES string of the molecule is COc1cc(N2CC[C@@H](N3CCN(C)CC3)[C@@H](CCCO)C2)nc(N)n1. The summed E-state index contributed by atoms with van der Waals surface area (Å²) in [6, 6.07) is 2.43. The number of nitrogens with zero attached hydrogens (tertiary/aromatic N) is 5. The molecule has 0 radical (unpaired) electrons. The summed E-state index contributed by atoms with van der Waals surface area (Å²) in [6.45, 7) is 6.65. The molecular formula is C18H32N6O2. The third kappa shape index (κ3) is 4.55. The second-order valence-electron chi connectivity index (χ2n) is 7.39. The van der Waals surface area contributed by atoms with Crippen LogP contribution in [0.25, 0.3) is 0 Å². The molecule has 0 saturated carbocycles. The van der Waals surface area contributed by atoms with Gasteiger partial charge in [-0.05, 0) is 32.2 Å². The number of piperazine rings is 1. The monoisotopic (exact) mass is 364 g/mol. The fourth-order valence-corrected chi connectivity index (χ4v) is 4.20. The summed E-state index contributed by atoms with van der Waals surface area (Å²) in [7, 11) is 3.78. The molecular weight excluding hydrogens is 332 g/mol. The number of rotatable bonds is 6. The topological polar surface area (TPSA) is 91.0 Å². The first kappa shape index (κ1) is 19.1. The maximum Gasteiger partial charge on any atom is 0.225 e. The summed E-state index contributed by atoms with van der Waals surface area (Å²) < 4.78 is 5.24. The van der Waals surface area contributed by atoms with E-state index >= 15 is 0 Å². The molecule has 0 amide bonds. The fourth-order valence-electron chi connectivity index (χ4n) is 4.20. The van der Waals surface area contributed by atoms with E-state index in [4.69, 9.17) is 10.5 Å². The Kier molecular flexibility index (Phi) is 6.50. The summed E-state index contributed by atoms with van der Waals surface area (Å²) in [6.07, 6.45) is 2.98. The summed E-state index contributed by atoms with van der Waals surface area (Å²) in [4.78, 5) is 15.8. The van der Waals surface area contributed by atoms with Gasteiger partial charge < -0.3 is 25.4 Å². The zero-order chi connectivity index (χ0) is 18.5. The van der Waals surface area contributed by atoms with Crippen molar-refractivity contribution in [3.63, 3.8) is 0 Å². The number of nitrogen functional groups attached to an aromatic ring is 1. The summed E-state index contributed by atoms with van der Waals surface area (Å²) in [5.41, 5.74) is 5.84. The summed E-state index contributed by atoms with van der Waals surface area (Å²) in [5.74, 6) is 2.09. The van der Waals surface area contributed by atoms with E-state index in [0.717, 1.165) is 64.3 Å². The molecule has 3 heterocycles. The van der Waals surface area contributed by atoms with Gasteiger partial charge in [-0.2, -0.15) is 9.97 Å². The van der Waals surface area contributed by atoms with Crippen molar-refractivity contribution in [1.82, 2.24) is 19.8 Å². The van der Waals surface area contributed by atoms with E-state index in [1.165, 1.54) is 0 Å². The third-order valence-corrected chi connectivity index (χ3v) is 5.67. The number of nitrogens with two attached hydrogens (primary N) is 1. The van der Waals surface area contributed by atoms with Crippen LogP contribution in [-0.4, -0.2) is 90.9 Å². The molecule has 0 unspecified atom stereocenters. The van der Waals surface area contributed by atoms with Crippen molar-refractivity contribution in [2.75, 3.05) is 70.7 Å². The number of hydrogen-bond acceptors (Lipinski definition) is 8. The van der Waals surface area contributed by atoms with E-state index in [9.17, 15) is 5.11 Å². The zero-order valence-corrected chi connectivity index (χ0v) is 16.0. The van der Waals surface area contributed by atoms with Crippen molar-refractivity contribution in [3.8, 4) is 5.88 Å². The number of hydrogen-bond donors (Lipinski definition) is 2. The quantitative estimate of drug-likeness (QED) is 0.744. The minimum Gasteiger partial charge on any atom is -0.481 e. The van der Waals surface area contributed by atoms with E-state index in [-0.39, 0.29) is 12.6 Å². The number of anilines is 2. The molecule has 0 aromatic carbocycles. The van der Waals surface area contributed by atoms with Crippen LogP contribution in [0.15, 0.2) is 6.07 Å². The van der Waals surface area contributed by atoms with Crippen molar-refractivity contribution >= 4 is 11.8 Å². The zero-order valence-electron chi connectivity index (χ0n) is 16.0. The average Bonchev–Trinajstić information content (AvgIpc) is 2.66. The second kappa shape index (κ2) is 8.83. The predicted octanol–water partition coefficient (Wildman–Crippen LogP) is 0.282. The van der Waals surface area contributed by atoms with Crippen LogP contribution in [0, 0.1) is 5.92 Å². The molecule has 0 bridgehead atoms. The number of likely N-dealkylation sites (N-methyl/N-ethyl adjacent to an activating group) is 1. The van der Waals surface area contributed by atoms with Crippen LogP contribution < -0.4 is 15.4 Å². The van der Waals surface area contributed by atoms with Gasteiger partial charge in [-0.1, -0.05) is 0 Å². The Balaban J connectivity index is 1.72. The maximum absolute atomic E-state index is 9.33. The molecule has 2 saturated heterocycles. The number of aromatic nitrogens is 2. The lowest BCUT2D eigenvalue weighted by Gasteiger charge is -2.46. The molecule has 1 aromatic heterocycles. The van der Waals surface area contributed by atoms with E-state index in [0.29, 0.717) is 17.8 Å². The van der Waals surface area contributed by atoms with Gasteiger partial charge in [-0.25, -0.2) is 0 Å². The average molecular weight is 364 g/mol. The molecule has 3 rings (SSSR count). The number of methoxy groups -OCH3 is 1. The minimum absolute atomic E-state index is 0.243. The van der Waals surface area contributed by atoms with E-state index in [2.05, 4.69) is 31.7 Å². The molecule has 2 atom stereocenters. The van der Waals surface area contributed by atoms with Crippen LogP contribution in [0.4, 0.5) is 11.8 Å². The first-order chi connectivity index (χ1) is 12.6. The van der Waals surface area contributed by atoms with Crippen LogP contribution in [0.1, 0.15) is 19.3 Å². The Bertz CT molecular complexity index is 579. The summed E-state index contributed by atoms with van der Waals surface area (Å²) in [5, 5.41) is 9.33. The summed E-state index contributed by atoms with van der Waals surface area (Å²) >= 11 is 0. The molecule has 0 aliphatic carbocycles. The molecule has 2 aliphatic heterocycles. The van der Waals surface area contributed by atoms with Crippen LogP contribution in [0.5, 0.6) is 5.88 Å². The molecule has 8 heteroatoms. The number of piperidine rings is 1. The standard InChI is InChI=1S/C18H32N6O2/c1-22-7-9-23(10-8-22)15-5-6-24(13-14(15)4-3-11-25)16-12-17(26-2)21-18(19)20-16/h12,14-15,25H,3-11,13H2,1-2H3,(H2,19,20,21)/t14-,15+/m0/s1. The van der Waals surface area contributed by atoms with Crippen LogP contribution in [0.2, 0.25) is 0 Å². The number of aliphatic hydroxyl groups is 1. The Morgan fingerprint density at radius 1 is 1.23 bits per heavy atom. The minimum atomic E-state index is 0.243. The van der Waals surface area contributed by atoms with Crippen molar-refractivity contribution in [2.45, 2.75) is 25.3 Å². The third-order valence-electron chi connectivity index (χ3n) is 5.67. The van der Waals surface area contributed by atoms with E-state index < -0.39 is 0 Å². The van der Waals surface area contributed by atoms with Crippen LogP contribution in [-0.2, 0) is 0 Å². The van der Waals surface area contributed by atoms with Gasteiger partial charge >= 0.3 is 0 Å². The number of ether oxygens (including phenoxy) is 1. The fraction of sp³-hybridized carbons (Fsp3) is 0.778. The van der Waals surface area contributed by atoms with Gasteiger partial charge in [0.2, 0.25) is 11.8 Å². The van der Waals surface area contributed by atoms with Gasteiger partial charge in [0.25, 0.3) is 0 Å². The Labute approximate surface area is 155 Å². The van der Waals surface area contributed by atoms with Crippen molar-refractivity contribution in [1.29, 1.82) is 0 Å². The highest BCUT2D eigenvalue weighted by molar-refractivity contribution is 5.46. The van der Waals surface area contributed by atoms with Crippen LogP contribution in [0.3, 0.4) is 0 Å². The largest absolute Gasteiger partial charge is 0.481 e. The lowest BCUT2D eigenvalue weighted by Crippen LogP contribution is -2.56. The molecule has 2 fully saturated rings. The van der Waals surface area contributed by atoms with Crippen LogP contribution >= 0.6 is 0 Å². The molecule has 146 valence electrons. The molecule has 0 spiro atoms. The highest BCUT2D eigenvalue weighted by Crippen LogP contribution is 2.30. The normalized spacial score (nSPS) is 25.4.